The molecule has 0 aromatic heterocycles. The normalized spacial score (nSPS) is 11.6. The Hall–Kier alpha value is -2.05. The third-order valence-electron chi connectivity index (χ3n) is 5.70. The van der Waals surface area contributed by atoms with Gasteiger partial charge in [0.2, 0.25) is 0 Å². The van der Waals surface area contributed by atoms with Crippen molar-refractivity contribution >= 4 is 10.1 Å². The highest BCUT2D eigenvalue weighted by Crippen LogP contribution is 2.32. The van der Waals surface area contributed by atoms with Crippen LogP contribution in [0.4, 0.5) is 0 Å². The average molecular weight is 463 g/mol. The lowest BCUT2D eigenvalue weighted by atomic mass is 10.0. The fourth-order valence-electron chi connectivity index (χ4n) is 3.89. The predicted molar refractivity (Wildman–Crippen MR) is 129 cm³/mol. The van der Waals surface area contributed by atoms with Gasteiger partial charge in [-0.2, -0.15) is 8.42 Å². The molecule has 2 N–H and O–H groups in total. The van der Waals surface area contributed by atoms with Crippen LogP contribution >= 0.6 is 0 Å². The minimum Gasteiger partial charge on any atom is -0.504 e. The topological polar surface area (TPSA) is 83.8 Å². The van der Waals surface area contributed by atoms with Crippen molar-refractivity contribution in [1.29, 1.82) is 0 Å². The molecule has 178 valence electrons. The predicted octanol–water partition coefficient (Wildman–Crippen LogP) is 7.67. The molecule has 2 aromatic rings. The van der Waals surface area contributed by atoms with Gasteiger partial charge >= 0.3 is 0 Å². The Morgan fingerprint density at radius 3 is 1.91 bits per heavy atom. The molecule has 2 aromatic carbocycles. The number of hydrogen-bond donors (Lipinski definition) is 2. The van der Waals surface area contributed by atoms with Gasteiger partial charge in [0.05, 0.1) is 4.90 Å². The van der Waals surface area contributed by atoms with Gasteiger partial charge < -0.3 is 9.84 Å². The van der Waals surface area contributed by atoms with Gasteiger partial charge in [-0.3, -0.25) is 4.55 Å². The van der Waals surface area contributed by atoms with E-state index in [0.717, 1.165) is 19.3 Å². The van der Waals surface area contributed by atoms with Crippen LogP contribution in [-0.2, 0) is 16.5 Å². The summed E-state index contributed by atoms with van der Waals surface area (Å²) in [6.45, 7) is 2.24. The lowest BCUT2D eigenvalue weighted by Gasteiger charge is -2.12. The molecule has 0 aliphatic rings. The van der Waals surface area contributed by atoms with E-state index in [2.05, 4.69) is 6.92 Å². The third-order valence-corrected chi connectivity index (χ3v) is 6.66. The maximum atomic E-state index is 11.8. The van der Waals surface area contributed by atoms with Crippen LogP contribution in [0.25, 0.3) is 0 Å². The van der Waals surface area contributed by atoms with Crippen molar-refractivity contribution in [3.63, 3.8) is 0 Å². The quantitative estimate of drug-likeness (QED) is 0.197. The van der Waals surface area contributed by atoms with Crippen molar-refractivity contribution in [2.24, 2.45) is 0 Å². The van der Waals surface area contributed by atoms with E-state index in [1.165, 1.54) is 76.0 Å². The molecular formula is C26H38O5S. The maximum absolute atomic E-state index is 11.8. The first-order valence-electron chi connectivity index (χ1n) is 12.0. The van der Waals surface area contributed by atoms with E-state index < -0.39 is 10.1 Å². The molecule has 5 nitrogen and oxygen atoms in total. The Bertz CT molecular complexity index is 908. The average Bonchev–Trinajstić information content (AvgIpc) is 2.75. The monoisotopic (exact) mass is 462 g/mol. The van der Waals surface area contributed by atoms with E-state index in [-0.39, 0.29) is 10.6 Å². The van der Waals surface area contributed by atoms with Crippen molar-refractivity contribution in [2.75, 3.05) is 0 Å². The highest BCUT2D eigenvalue weighted by atomic mass is 32.2. The van der Waals surface area contributed by atoms with Crippen molar-refractivity contribution in [3.05, 3.63) is 48.0 Å². The number of unbranched alkanes of at least 4 members (excludes halogenated alkanes) is 11. The Morgan fingerprint density at radius 1 is 0.781 bits per heavy atom. The largest absolute Gasteiger partial charge is 0.504 e. The van der Waals surface area contributed by atoms with Crippen molar-refractivity contribution < 1.29 is 22.8 Å². The van der Waals surface area contributed by atoms with Gasteiger partial charge in [0, 0.05) is 0 Å². The van der Waals surface area contributed by atoms with Crippen LogP contribution in [0.5, 0.6) is 17.2 Å². The van der Waals surface area contributed by atoms with Crippen molar-refractivity contribution in [1.82, 2.24) is 0 Å². The first-order valence-corrected chi connectivity index (χ1v) is 13.4. The van der Waals surface area contributed by atoms with Crippen LogP contribution in [0.3, 0.4) is 0 Å². The van der Waals surface area contributed by atoms with Crippen LogP contribution in [0.2, 0.25) is 0 Å². The van der Waals surface area contributed by atoms with E-state index in [1.807, 2.05) is 0 Å². The molecule has 0 saturated carbocycles. The Labute approximate surface area is 193 Å². The van der Waals surface area contributed by atoms with Gasteiger partial charge in [-0.1, -0.05) is 89.7 Å². The molecule has 0 saturated heterocycles. The summed E-state index contributed by atoms with van der Waals surface area (Å²) >= 11 is 0. The van der Waals surface area contributed by atoms with E-state index in [9.17, 15) is 18.1 Å². The molecule has 0 atom stereocenters. The summed E-state index contributed by atoms with van der Waals surface area (Å²) < 4.78 is 38.8. The molecule has 0 fully saturated rings. The number of phenolic OH excluding ortho intramolecular Hbond substituents is 1. The Balaban J connectivity index is 1.79. The smallest absolute Gasteiger partial charge is 0.294 e. The van der Waals surface area contributed by atoms with Crippen LogP contribution in [0, 0.1) is 0 Å². The van der Waals surface area contributed by atoms with Gasteiger partial charge in [-0.05, 0) is 48.7 Å². The van der Waals surface area contributed by atoms with E-state index >= 15 is 0 Å². The molecule has 0 amide bonds. The van der Waals surface area contributed by atoms with E-state index in [4.69, 9.17) is 4.74 Å². The Morgan fingerprint density at radius 2 is 1.34 bits per heavy atom. The first-order chi connectivity index (χ1) is 15.4. The lowest BCUT2D eigenvalue weighted by Crippen LogP contribution is -2.04. The second-order valence-corrected chi connectivity index (χ2v) is 9.84. The van der Waals surface area contributed by atoms with Crippen molar-refractivity contribution in [2.45, 2.75) is 95.3 Å². The molecule has 0 spiro atoms. The van der Waals surface area contributed by atoms with Gasteiger partial charge in [0.25, 0.3) is 10.1 Å². The Kier molecular flexibility index (Phi) is 11.6. The molecule has 6 heteroatoms. The maximum Gasteiger partial charge on any atom is 0.294 e. The van der Waals surface area contributed by atoms with Gasteiger partial charge in [-0.25, -0.2) is 0 Å². The van der Waals surface area contributed by atoms with E-state index in [0.29, 0.717) is 23.5 Å². The molecule has 0 bridgehead atoms. The summed E-state index contributed by atoms with van der Waals surface area (Å²) in [6.07, 6.45) is 15.3. The summed E-state index contributed by atoms with van der Waals surface area (Å²) in [4.78, 5) is -0.0785. The fraction of sp³-hybridized carbons (Fsp3) is 0.538. The van der Waals surface area contributed by atoms with Crippen LogP contribution in [0.15, 0.2) is 47.4 Å². The van der Waals surface area contributed by atoms with Gasteiger partial charge in [-0.15, -0.1) is 0 Å². The standard InChI is InChI=1S/C26H38O5S/c1-2-3-4-5-6-7-8-9-10-11-12-13-16-22-21-23(19-20-26(22)32(28,29)30)31-25-18-15-14-17-24(25)27/h14-15,17-21,27H,2-13,16H2,1H3,(H,28,29,30). The molecular weight excluding hydrogens is 424 g/mol. The summed E-state index contributed by atoms with van der Waals surface area (Å²) in [5, 5.41) is 9.89. The molecule has 0 unspecified atom stereocenters. The van der Waals surface area contributed by atoms with Crippen LogP contribution in [0.1, 0.15) is 89.5 Å². The third kappa shape index (κ3) is 9.61. The number of ether oxygens (including phenoxy) is 1. The molecule has 32 heavy (non-hydrogen) atoms. The van der Waals surface area contributed by atoms with Crippen molar-refractivity contribution in [3.8, 4) is 17.2 Å². The molecule has 2 rings (SSSR count). The summed E-state index contributed by atoms with van der Waals surface area (Å²) in [7, 11) is -4.30. The number of para-hydroxylation sites is 2. The van der Waals surface area contributed by atoms with Gasteiger partial charge in [0.15, 0.2) is 11.5 Å². The highest BCUT2D eigenvalue weighted by Gasteiger charge is 2.16. The zero-order chi connectivity index (χ0) is 23.2. The second kappa shape index (κ2) is 14.2. The number of rotatable bonds is 16. The van der Waals surface area contributed by atoms with Crippen LogP contribution < -0.4 is 4.74 Å². The molecule has 0 heterocycles. The molecule has 0 radical (unpaired) electrons. The zero-order valence-electron chi connectivity index (χ0n) is 19.3. The highest BCUT2D eigenvalue weighted by molar-refractivity contribution is 7.85. The van der Waals surface area contributed by atoms with Crippen LogP contribution in [-0.4, -0.2) is 18.1 Å². The number of aryl methyl sites for hydroxylation is 1. The molecule has 0 aliphatic carbocycles. The minimum absolute atomic E-state index is 0.00821. The second-order valence-electron chi connectivity index (χ2n) is 8.45. The molecule has 0 aliphatic heterocycles. The summed E-state index contributed by atoms with van der Waals surface area (Å²) in [5.74, 6) is 0.727. The number of hydrogen-bond acceptors (Lipinski definition) is 4. The number of aromatic hydroxyl groups is 1. The zero-order valence-corrected chi connectivity index (χ0v) is 20.1. The van der Waals surface area contributed by atoms with E-state index in [1.54, 1.807) is 24.3 Å². The SMILES string of the molecule is CCCCCCCCCCCCCCc1cc(Oc2ccccc2O)ccc1S(=O)(=O)O. The summed E-state index contributed by atoms with van der Waals surface area (Å²) in [5.41, 5.74) is 0.535. The number of benzene rings is 2. The van der Waals surface area contributed by atoms with Gasteiger partial charge in [0.1, 0.15) is 5.75 Å². The summed E-state index contributed by atoms with van der Waals surface area (Å²) in [6, 6.07) is 11.1. The fourth-order valence-corrected chi connectivity index (χ4v) is 4.63. The minimum atomic E-state index is -4.30. The lowest BCUT2D eigenvalue weighted by molar-refractivity contribution is 0.410. The first kappa shape index (κ1) is 26.2. The number of phenols is 1.